The number of carbonyl (C=O) groups excluding carboxylic acids is 3. The standard InChI is InChI=1S/C20H19F4N3O4/c1-25-18(29)15(16(31-19(30)26-2)11-6-4-3-5-7-11)27-17(28)13-9-8-12(21)10-14(13)20(22,23)24/h3-10,15-16H,1-2H3,(H,25,29)(H,26,30)(H,27,28). The van der Waals surface area contributed by atoms with Crippen molar-refractivity contribution in [3.05, 3.63) is 71.0 Å². The van der Waals surface area contributed by atoms with Gasteiger partial charge in [0.25, 0.3) is 5.91 Å². The van der Waals surface area contributed by atoms with Gasteiger partial charge in [0.15, 0.2) is 6.10 Å². The number of hydrogen-bond donors (Lipinski definition) is 3. The van der Waals surface area contributed by atoms with Gasteiger partial charge in [0.2, 0.25) is 5.91 Å². The number of benzene rings is 2. The normalized spacial score (nSPS) is 13.0. The lowest BCUT2D eigenvalue weighted by Gasteiger charge is -2.27. The zero-order valence-corrected chi connectivity index (χ0v) is 16.4. The predicted molar refractivity (Wildman–Crippen MR) is 101 cm³/mol. The molecule has 0 aliphatic carbocycles. The van der Waals surface area contributed by atoms with Crippen LogP contribution in [-0.2, 0) is 15.7 Å². The molecular formula is C20H19F4N3O4. The zero-order valence-electron chi connectivity index (χ0n) is 16.4. The third-order valence-corrected chi connectivity index (χ3v) is 4.22. The van der Waals surface area contributed by atoms with E-state index in [1.807, 2.05) is 0 Å². The van der Waals surface area contributed by atoms with Crippen LogP contribution in [0.4, 0.5) is 22.4 Å². The van der Waals surface area contributed by atoms with Crippen LogP contribution in [0.5, 0.6) is 0 Å². The van der Waals surface area contributed by atoms with Crippen LogP contribution in [0.25, 0.3) is 0 Å². The van der Waals surface area contributed by atoms with Gasteiger partial charge in [0.05, 0.1) is 11.1 Å². The molecule has 2 aromatic carbocycles. The molecule has 7 nitrogen and oxygen atoms in total. The van der Waals surface area contributed by atoms with Crippen LogP contribution >= 0.6 is 0 Å². The summed E-state index contributed by atoms with van der Waals surface area (Å²) in [5.41, 5.74) is -2.10. The lowest BCUT2D eigenvalue weighted by molar-refractivity contribution is -0.138. The van der Waals surface area contributed by atoms with Crippen LogP contribution in [0.15, 0.2) is 48.5 Å². The minimum Gasteiger partial charge on any atom is -0.439 e. The molecule has 0 radical (unpaired) electrons. The summed E-state index contributed by atoms with van der Waals surface area (Å²) in [6, 6.07) is 7.77. The molecule has 2 unspecified atom stereocenters. The van der Waals surface area contributed by atoms with Crippen LogP contribution < -0.4 is 16.0 Å². The molecule has 2 atom stereocenters. The van der Waals surface area contributed by atoms with Gasteiger partial charge in [-0.25, -0.2) is 9.18 Å². The third-order valence-electron chi connectivity index (χ3n) is 4.22. The first-order chi connectivity index (χ1) is 14.6. The summed E-state index contributed by atoms with van der Waals surface area (Å²) in [4.78, 5) is 37.0. The van der Waals surface area contributed by atoms with Crippen LogP contribution in [0.1, 0.15) is 27.6 Å². The SMILES string of the molecule is CNC(=O)OC(c1ccccc1)C(NC(=O)c1ccc(F)cc1C(F)(F)F)C(=O)NC. The fourth-order valence-corrected chi connectivity index (χ4v) is 2.75. The minimum atomic E-state index is -5.02. The van der Waals surface area contributed by atoms with E-state index in [2.05, 4.69) is 16.0 Å². The summed E-state index contributed by atoms with van der Waals surface area (Å²) in [6.07, 6.45) is -7.33. The van der Waals surface area contributed by atoms with Crippen molar-refractivity contribution in [3.8, 4) is 0 Å². The number of alkyl carbamates (subject to hydrolysis) is 1. The van der Waals surface area contributed by atoms with Gasteiger partial charge >= 0.3 is 12.3 Å². The van der Waals surface area contributed by atoms with E-state index in [0.29, 0.717) is 17.7 Å². The monoisotopic (exact) mass is 441 g/mol. The quantitative estimate of drug-likeness (QED) is 0.601. The highest BCUT2D eigenvalue weighted by molar-refractivity contribution is 5.99. The Morgan fingerprint density at radius 3 is 2.16 bits per heavy atom. The molecule has 0 saturated heterocycles. The van der Waals surface area contributed by atoms with E-state index >= 15 is 0 Å². The van der Waals surface area contributed by atoms with E-state index in [4.69, 9.17) is 4.74 Å². The molecule has 2 aromatic rings. The second-order valence-corrected chi connectivity index (χ2v) is 6.24. The van der Waals surface area contributed by atoms with Gasteiger partial charge in [0.1, 0.15) is 11.9 Å². The van der Waals surface area contributed by atoms with Crippen molar-refractivity contribution in [2.24, 2.45) is 0 Å². The van der Waals surface area contributed by atoms with Crippen molar-refractivity contribution < 1.29 is 36.7 Å². The van der Waals surface area contributed by atoms with Crippen molar-refractivity contribution in [2.45, 2.75) is 18.3 Å². The molecule has 166 valence electrons. The van der Waals surface area contributed by atoms with Crippen LogP contribution in [0.2, 0.25) is 0 Å². The van der Waals surface area contributed by atoms with Gasteiger partial charge < -0.3 is 20.7 Å². The first-order valence-corrected chi connectivity index (χ1v) is 8.91. The average molecular weight is 441 g/mol. The highest BCUT2D eigenvalue weighted by Gasteiger charge is 2.38. The largest absolute Gasteiger partial charge is 0.439 e. The van der Waals surface area contributed by atoms with E-state index in [1.165, 1.54) is 26.2 Å². The molecule has 0 spiro atoms. The first-order valence-electron chi connectivity index (χ1n) is 8.91. The lowest BCUT2D eigenvalue weighted by Crippen LogP contribution is -2.51. The third kappa shape index (κ3) is 5.93. The van der Waals surface area contributed by atoms with E-state index in [0.717, 1.165) is 0 Å². The molecule has 0 saturated carbocycles. The Bertz CT molecular complexity index is 951. The second kappa shape index (κ2) is 9.92. The molecule has 0 aromatic heterocycles. The number of ether oxygens (including phenoxy) is 1. The average Bonchev–Trinajstić information content (AvgIpc) is 2.75. The molecule has 11 heteroatoms. The molecule has 0 aliphatic rings. The Labute approximate surface area is 174 Å². The lowest BCUT2D eigenvalue weighted by atomic mass is 9.99. The molecule has 3 amide bonds. The molecule has 0 bridgehead atoms. The number of nitrogens with one attached hydrogen (secondary N) is 3. The molecular weight excluding hydrogens is 422 g/mol. The fraction of sp³-hybridized carbons (Fsp3) is 0.250. The van der Waals surface area contributed by atoms with Crippen molar-refractivity contribution in [1.29, 1.82) is 0 Å². The maximum atomic E-state index is 13.4. The van der Waals surface area contributed by atoms with Gasteiger partial charge in [-0.15, -0.1) is 0 Å². The van der Waals surface area contributed by atoms with Crippen LogP contribution in [0, 0.1) is 5.82 Å². The van der Waals surface area contributed by atoms with Gasteiger partial charge in [-0.3, -0.25) is 9.59 Å². The van der Waals surface area contributed by atoms with E-state index < -0.39 is 53.2 Å². The van der Waals surface area contributed by atoms with Crippen LogP contribution in [-0.4, -0.2) is 38.0 Å². The number of halogens is 4. The van der Waals surface area contributed by atoms with Crippen molar-refractivity contribution >= 4 is 17.9 Å². The summed E-state index contributed by atoms with van der Waals surface area (Å²) in [5.74, 6) is -3.32. The summed E-state index contributed by atoms with van der Waals surface area (Å²) < 4.78 is 58.4. The Hall–Kier alpha value is -3.63. The number of carbonyl (C=O) groups is 3. The van der Waals surface area contributed by atoms with E-state index in [9.17, 15) is 31.9 Å². The summed E-state index contributed by atoms with van der Waals surface area (Å²) in [7, 11) is 2.51. The zero-order chi connectivity index (χ0) is 23.2. The maximum absolute atomic E-state index is 13.4. The molecule has 2 rings (SSSR count). The van der Waals surface area contributed by atoms with Crippen LogP contribution in [0.3, 0.4) is 0 Å². The maximum Gasteiger partial charge on any atom is 0.417 e. The number of likely N-dealkylation sites (N-methyl/N-ethyl adjacent to an activating group) is 1. The molecule has 0 fully saturated rings. The van der Waals surface area contributed by atoms with Gasteiger partial charge in [0, 0.05) is 14.1 Å². The van der Waals surface area contributed by atoms with E-state index in [-0.39, 0.29) is 6.07 Å². The van der Waals surface area contributed by atoms with Gasteiger partial charge in [-0.05, 0) is 23.8 Å². The first kappa shape index (κ1) is 23.6. The highest BCUT2D eigenvalue weighted by atomic mass is 19.4. The van der Waals surface area contributed by atoms with Gasteiger partial charge in [-0.1, -0.05) is 30.3 Å². The second-order valence-electron chi connectivity index (χ2n) is 6.24. The Morgan fingerprint density at radius 2 is 1.61 bits per heavy atom. The minimum absolute atomic E-state index is 0.180. The molecule has 3 N–H and O–H groups in total. The van der Waals surface area contributed by atoms with Crippen molar-refractivity contribution in [3.63, 3.8) is 0 Å². The summed E-state index contributed by atoms with van der Waals surface area (Å²) >= 11 is 0. The van der Waals surface area contributed by atoms with E-state index in [1.54, 1.807) is 18.2 Å². The van der Waals surface area contributed by atoms with Gasteiger partial charge in [-0.2, -0.15) is 13.2 Å². The Kier molecular flexibility index (Phi) is 7.56. The number of amides is 3. The highest BCUT2D eigenvalue weighted by Crippen LogP contribution is 2.33. The topological polar surface area (TPSA) is 96.5 Å². The summed E-state index contributed by atoms with van der Waals surface area (Å²) in [5, 5.41) is 6.64. The molecule has 31 heavy (non-hydrogen) atoms. The number of hydrogen-bond acceptors (Lipinski definition) is 4. The number of rotatable bonds is 6. The predicted octanol–water partition coefficient (Wildman–Crippen LogP) is 2.79. The van der Waals surface area contributed by atoms with Crippen molar-refractivity contribution in [2.75, 3.05) is 14.1 Å². The Balaban J connectivity index is 2.48. The Morgan fingerprint density at radius 1 is 0.968 bits per heavy atom. The molecule has 0 aliphatic heterocycles. The smallest absolute Gasteiger partial charge is 0.417 e. The van der Waals surface area contributed by atoms with Crippen molar-refractivity contribution in [1.82, 2.24) is 16.0 Å². The fourth-order valence-electron chi connectivity index (χ4n) is 2.75. The molecule has 0 heterocycles. The number of alkyl halides is 3. The summed E-state index contributed by atoms with van der Waals surface area (Å²) in [6.45, 7) is 0.